The van der Waals surface area contributed by atoms with Gasteiger partial charge >= 0.3 is 0 Å². The number of hydrogen-bond acceptors (Lipinski definition) is 3. The summed E-state index contributed by atoms with van der Waals surface area (Å²) in [5.41, 5.74) is 0. The van der Waals surface area contributed by atoms with E-state index in [0.29, 0.717) is 6.04 Å². The highest BCUT2D eigenvalue weighted by Gasteiger charge is 2.19. The van der Waals surface area contributed by atoms with Crippen LogP contribution >= 0.6 is 0 Å². The fourth-order valence-electron chi connectivity index (χ4n) is 2.51. The van der Waals surface area contributed by atoms with E-state index in [1.54, 1.807) is 13.3 Å². The monoisotopic (exact) mass is 234 g/mol. The van der Waals surface area contributed by atoms with Crippen molar-refractivity contribution in [3.05, 3.63) is 18.3 Å². The van der Waals surface area contributed by atoms with Gasteiger partial charge in [-0.3, -0.25) is 0 Å². The zero-order chi connectivity index (χ0) is 12.1. The van der Waals surface area contributed by atoms with Crippen molar-refractivity contribution in [3.8, 4) is 5.75 Å². The smallest absolute Gasteiger partial charge is 0.137 e. The molecule has 3 heteroatoms. The third-order valence-corrected chi connectivity index (χ3v) is 3.75. The Hall–Kier alpha value is -1.25. The molecule has 1 heterocycles. The van der Waals surface area contributed by atoms with E-state index in [0.717, 1.165) is 17.5 Å². The molecule has 0 saturated heterocycles. The number of ether oxygens (including phenoxy) is 1. The second-order valence-corrected chi connectivity index (χ2v) is 4.85. The van der Waals surface area contributed by atoms with Crippen LogP contribution in [0.1, 0.15) is 39.0 Å². The standard InChI is InChI=1S/C14H22N2O/c1-3-11-4-6-12(7-5-11)16-14-9-8-13(17-2)10-15-14/h8-12H,3-7H2,1-2H3,(H,15,16). The van der Waals surface area contributed by atoms with E-state index < -0.39 is 0 Å². The van der Waals surface area contributed by atoms with Crippen LogP contribution in [0, 0.1) is 5.92 Å². The maximum atomic E-state index is 5.10. The summed E-state index contributed by atoms with van der Waals surface area (Å²) in [5, 5.41) is 3.51. The number of hydrogen-bond donors (Lipinski definition) is 1. The molecule has 1 aliphatic rings. The number of nitrogens with one attached hydrogen (secondary N) is 1. The van der Waals surface area contributed by atoms with Crippen molar-refractivity contribution in [2.24, 2.45) is 5.92 Å². The lowest BCUT2D eigenvalue weighted by atomic mass is 9.84. The topological polar surface area (TPSA) is 34.1 Å². The first-order valence-corrected chi connectivity index (χ1v) is 6.58. The fraction of sp³-hybridized carbons (Fsp3) is 0.643. The summed E-state index contributed by atoms with van der Waals surface area (Å²) in [6, 6.07) is 4.54. The Morgan fingerprint density at radius 1 is 1.29 bits per heavy atom. The van der Waals surface area contributed by atoms with Crippen molar-refractivity contribution in [2.75, 3.05) is 12.4 Å². The molecule has 17 heavy (non-hydrogen) atoms. The van der Waals surface area contributed by atoms with Gasteiger partial charge < -0.3 is 10.1 Å². The second kappa shape index (κ2) is 5.89. The lowest BCUT2D eigenvalue weighted by molar-refractivity contribution is 0.330. The maximum absolute atomic E-state index is 5.10. The predicted molar refractivity (Wildman–Crippen MR) is 70.4 cm³/mol. The van der Waals surface area contributed by atoms with Crippen molar-refractivity contribution in [1.82, 2.24) is 4.98 Å². The Labute approximate surface area is 104 Å². The minimum absolute atomic E-state index is 0.596. The number of rotatable bonds is 4. The largest absolute Gasteiger partial charge is 0.495 e. The summed E-state index contributed by atoms with van der Waals surface area (Å²) in [4.78, 5) is 4.35. The highest BCUT2D eigenvalue weighted by molar-refractivity contribution is 5.38. The fourth-order valence-corrected chi connectivity index (χ4v) is 2.51. The van der Waals surface area contributed by atoms with Crippen molar-refractivity contribution in [2.45, 2.75) is 45.1 Å². The molecule has 0 aliphatic heterocycles. The van der Waals surface area contributed by atoms with Gasteiger partial charge in [0.1, 0.15) is 11.6 Å². The van der Waals surface area contributed by atoms with Crippen LogP contribution in [-0.2, 0) is 0 Å². The zero-order valence-electron chi connectivity index (χ0n) is 10.8. The summed E-state index contributed by atoms with van der Waals surface area (Å²) in [5.74, 6) is 2.72. The van der Waals surface area contributed by atoms with Gasteiger partial charge in [-0.25, -0.2) is 4.98 Å². The normalized spacial score (nSPS) is 24.4. The molecule has 1 aliphatic carbocycles. The number of nitrogens with zero attached hydrogens (tertiary/aromatic N) is 1. The number of aromatic nitrogens is 1. The zero-order valence-corrected chi connectivity index (χ0v) is 10.8. The minimum Gasteiger partial charge on any atom is -0.495 e. The SMILES string of the molecule is CCC1CCC(Nc2ccc(OC)cn2)CC1. The Bertz CT molecular complexity index is 329. The van der Waals surface area contributed by atoms with Crippen molar-refractivity contribution < 1.29 is 4.74 Å². The quantitative estimate of drug-likeness (QED) is 0.866. The molecule has 94 valence electrons. The first kappa shape index (κ1) is 12.2. The Morgan fingerprint density at radius 2 is 2.06 bits per heavy atom. The van der Waals surface area contributed by atoms with Crippen LogP contribution in [0.4, 0.5) is 5.82 Å². The van der Waals surface area contributed by atoms with E-state index in [4.69, 9.17) is 4.74 Å². The molecule has 0 aromatic carbocycles. The molecular weight excluding hydrogens is 212 g/mol. The summed E-state index contributed by atoms with van der Waals surface area (Å²) < 4.78 is 5.10. The second-order valence-electron chi connectivity index (χ2n) is 4.85. The molecule has 0 unspecified atom stereocenters. The van der Waals surface area contributed by atoms with E-state index in [-0.39, 0.29) is 0 Å². The molecule has 0 amide bonds. The average molecular weight is 234 g/mol. The Kier molecular flexibility index (Phi) is 4.24. The third kappa shape index (κ3) is 3.35. The lowest BCUT2D eigenvalue weighted by Crippen LogP contribution is -2.26. The van der Waals surface area contributed by atoms with Crippen LogP contribution in [-0.4, -0.2) is 18.1 Å². The highest BCUT2D eigenvalue weighted by atomic mass is 16.5. The molecule has 0 radical (unpaired) electrons. The molecular formula is C14H22N2O. The van der Waals surface area contributed by atoms with Crippen LogP contribution in [0.3, 0.4) is 0 Å². The van der Waals surface area contributed by atoms with Crippen molar-refractivity contribution in [3.63, 3.8) is 0 Å². The molecule has 0 atom stereocenters. The molecule has 1 aromatic rings. The molecule has 0 bridgehead atoms. The minimum atomic E-state index is 0.596. The average Bonchev–Trinajstić information content (AvgIpc) is 2.40. The molecule has 1 saturated carbocycles. The number of anilines is 1. The maximum Gasteiger partial charge on any atom is 0.137 e. The molecule has 2 rings (SSSR count). The Balaban J connectivity index is 1.84. The van der Waals surface area contributed by atoms with Crippen LogP contribution in [0.25, 0.3) is 0 Å². The third-order valence-electron chi connectivity index (χ3n) is 3.75. The predicted octanol–water partition coefficient (Wildman–Crippen LogP) is 3.47. The lowest BCUT2D eigenvalue weighted by Gasteiger charge is -2.28. The van der Waals surface area contributed by atoms with Gasteiger partial charge in [0.15, 0.2) is 0 Å². The van der Waals surface area contributed by atoms with E-state index in [1.165, 1.54) is 32.1 Å². The molecule has 1 aromatic heterocycles. The van der Waals surface area contributed by atoms with Crippen LogP contribution in [0.2, 0.25) is 0 Å². The van der Waals surface area contributed by atoms with E-state index in [1.807, 2.05) is 12.1 Å². The van der Waals surface area contributed by atoms with Gasteiger partial charge in [0.25, 0.3) is 0 Å². The first-order valence-electron chi connectivity index (χ1n) is 6.58. The number of methoxy groups -OCH3 is 1. The van der Waals surface area contributed by atoms with Crippen molar-refractivity contribution >= 4 is 5.82 Å². The summed E-state index contributed by atoms with van der Waals surface area (Å²) >= 11 is 0. The summed E-state index contributed by atoms with van der Waals surface area (Å²) in [7, 11) is 1.66. The van der Waals surface area contributed by atoms with E-state index in [2.05, 4.69) is 17.2 Å². The van der Waals surface area contributed by atoms with E-state index >= 15 is 0 Å². The van der Waals surface area contributed by atoms with Gasteiger partial charge in [0.05, 0.1) is 13.3 Å². The first-order chi connectivity index (χ1) is 8.31. The van der Waals surface area contributed by atoms with Gasteiger partial charge in [0, 0.05) is 6.04 Å². The molecule has 0 spiro atoms. The molecule has 1 N–H and O–H groups in total. The van der Waals surface area contributed by atoms with E-state index in [9.17, 15) is 0 Å². The van der Waals surface area contributed by atoms with Crippen LogP contribution < -0.4 is 10.1 Å². The van der Waals surface area contributed by atoms with Crippen LogP contribution in [0.5, 0.6) is 5.75 Å². The van der Waals surface area contributed by atoms with Gasteiger partial charge in [-0.2, -0.15) is 0 Å². The summed E-state index contributed by atoms with van der Waals surface area (Å²) in [6.45, 7) is 2.30. The Morgan fingerprint density at radius 3 is 2.59 bits per heavy atom. The molecule has 1 fully saturated rings. The van der Waals surface area contributed by atoms with Crippen LogP contribution in [0.15, 0.2) is 18.3 Å². The summed E-state index contributed by atoms with van der Waals surface area (Å²) in [6.07, 6.45) is 8.33. The van der Waals surface area contributed by atoms with Gasteiger partial charge in [-0.15, -0.1) is 0 Å². The molecule has 3 nitrogen and oxygen atoms in total. The van der Waals surface area contributed by atoms with Gasteiger partial charge in [-0.1, -0.05) is 13.3 Å². The van der Waals surface area contributed by atoms with Gasteiger partial charge in [-0.05, 0) is 43.7 Å². The van der Waals surface area contributed by atoms with Gasteiger partial charge in [0.2, 0.25) is 0 Å². The van der Waals surface area contributed by atoms with Crippen molar-refractivity contribution in [1.29, 1.82) is 0 Å². The highest BCUT2D eigenvalue weighted by Crippen LogP contribution is 2.28. The number of pyridine rings is 1.